The maximum absolute atomic E-state index is 12.2. The largest absolute Gasteiger partial charge is 0.483 e. The van der Waals surface area contributed by atoms with Gasteiger partial charge in [0.25, 0.3) is 5.91 Å². The highest BCUT2D eigenvalue weighted by atomic mass is 35.5. The lowest BCUT2D eigenvalue weighted by molar-refractivity contribution is 0.0919. The summed E-state index contributed by atoms with van der Waals surface area (Å²) in [4.78, 5) is 16.2. The fourth-order valence-electron chi connectivity index (χ4n) is 1.44. The van der Waals surface area contributed by atoms with Crippen molar-refractivity contribution in [1.29, 1.82) is 0 Å². The van der Waals surface area contributed by atoms with Gasteiger partial charge in [-0.25, -0.2) is 0 Å². The lowest BCUT2D eigenvalue weighted by Crippen LogP contribution is -2.40. The highest BCUT2D eigenvalue weighted by Crippen LogP contribution is 2.16. The summed E-state index contributed by atoms with van der Waals surface area (Å²) in [6, 6.07) is 1.66. The Bertz CT molecular complexity index is 479. The lowest BCUT2D eigenvalue weighted by atomic mass is 10.1. The Kier molecular flexibility index (Phi) is 5.36. The molecule has 1 aromatic rings. The van der Waals surface area contributed by atoms with Crippen LogP contribution in [0.5, 0.6) is 0 Å². The van der Waals surface area contributed by atoms with Gasteiger partial charge in [-0.3, -0.25) is 9.78 Å². The van der Waals surface area contributed by atoms with Gasteiger partial charge in [-0.05, 0) is 45.4 Å². The molecule has 0 saturated carbocycles. The van der Waals surface area contributed by atoms with Crippen LogP contribution in [0.4, 0.5) is 0 Å². The number of nitrogens with one attached hydrogen (secondary N) is 1. The zero-order valence-corrected chi connectivity index (χ0v) is 12.4. The standard InChI is InChI=1S/C14H19ClN2O2/c1-5-19-12(15)8-10-9-16-7-6-11(10)13(18)17-14(2,3)4/h6-9H,5H2,1-4H3,(H,17,18)/b12-8-. The first kappa shape index (κ1) is 15.5. The molecule has 1 heterocycles. The van der Waals surface area contributed by atoms with E-state index < -0.39 is 0 Å². The summed E-state index contributed by atoms with van der Waals surface area (Å²) in [5, 5.41) is 3.14. The van der Waals surface area contributed by atoms with Gasteiger partial charge in [0, 0.05) is 35.1 Å². The van der Waals surface area contributed by atoms with E-state index in [1.54, 1.807) is 24.5 Å². The predicted octanol–water partition coefficient (Wildman–Crippen LogP) is 3.18. The molecule has 0 atom stereocenters. The number of rotatable bonds is 4. The molecule has 0 spiro atoms. The number of halogens is 1. The zero-order chi connectivity index (χ0) is 14.5. The Labute approximate surface area is 118 Å². The summed E-state index contributed by atoms with van der Waals surface area (Å²) in [5.74, 6) is -0.165. The Hall–Kier alpha value is -1.55. The van der Waals surface area contributed by atoms with E-state index in [1.807, 2.05) is 27.7 Å². The molecular weight excluding hydrogens is 264 g/mol. The molecule has 4 nitrogen and oxygen atoms in total. The average Bonchev–Trinajstić information content (AvgIpc) is 2.27. The molecule has 1 rings (SSSR count). The summed E-state index contributed by atoms with van der Waals surface area (Å²) < 4.78 is 5.15. The van der Waals surface area contributed by atoms with Crippen LogP contribution < -0.4 is 5.32 Å². The van der Waals surface area contributed by atoms with Crippen molar-refractivity contribution in [2.75, 3.05) is 6.61 Å². The van der Waals surface area contributed by atoms with Crippen LogP contribution in [0.3, 0.4) is 0 Å². The Morgan fingerprint density at radius 2 is 2.21 bits per heavy atom. The van der Waals surface area contributed by atoms with Crippen LogP contribution in [0.2, 0.25) is 0 Å². The third kappa shape index (κ3) is 5.30. The minimum Gasteiger partial charge on any atom is -0.483 e. The van der Waals surface area contributed by atoms with Crippen molar-refractivity contribution < 1.29 is 9.53 Å². The number of hydrogen-bond donors (Lipinski definition) is 1. The third-order valence-electron chi connectivity index (χ3n) is 2.14. The fraction of sp³-hybridized carbons (Fsp3) is 0.429. The molecule has 0 unspecified atom stereocenters. The maximum atomic E-state index is 12.2. The molecule has 0 aliphatic heterocycles. The molecule has 104 valence electrons. The summed E-state index contributed by atoms with van der Waals surface area (Å²) in [6.07, 6.45) is 4.75. The van der Waals surface area contributed by atoms with Gasteiger partial charge in [0.05, 0.1) is 6.61 Å². The van der Waals surface area contributed by atoms with Crippen LogP contribution in [-0.4, -0.2) is 23.0 Å². The number of ether oxygens (including phenoxy) is 1. The first-order valence-electron chi connectivity index (χ1n) is 6.10. The van der Waals surface area contributed by atoms with E-state index in [1.165, 1.54) is 0 Å². The van der Waals surface area contributed by atoms with Crippen LogP contribution in [0.1, 0.15) is 43.6 Å². The molecule has 0 fully saturated rings. The smallest absolute Gasteiger partial charge is 0.252 e. The van der Waals surface area contributed by atoms with Gasteiger partial charge in [-0.1, -0.05) is 0 Å². The second-order valence-electron chi connectivity index (χ2n) is 5.05. The van der Waals surface area contributed by atoms with Crippen molar-refractivity contribution in [3.05, 3.63) is 34.8 Å². The number of hydrogen-bond acceptors (Lipinski definition) is 3. The van der Waals surface area contributed by atoms with Crippen molar-refractivity contribution in [2.45, 2.75) is 33.2 Å². The van der Waals surface area contributed by atoms with Crippen molar-refractivity contribution in [3.8, 4) is 0 Å². The Balaban J connectivity index is 3.02. The predicted molar refractivity (Wildman–Crippen MR) is 76.9 cm³/mol. The van der Waals surface area contributed by atoms with Gasteiger partial charge in [-0.15, -0.1) is 0 Å². The molecular formula is C14H19ClN2O2. The summed E-state index contributed by atoms with van der Waals surface area (Å²) >= 11 is 5.90. The van der Waals surface area contributed by atoms with Crippen molar-refractivity contribution in [3.63, 3.8) is 0 Å². The zero-order valence-electron chi connectivity index (χ0n) is 11.7. The van der Waals surface area contributed by atoms with Crippen molar-refractivity contribution >= 4 is 23.6 Å². The molecule has 5 heteroatoms. The van der Waals surface area contributed by atoms with Crippen LogP contribution in [0.25, 0.3) is 6.08 Å². The summed E-state index contributed by atoms with van der Waals surface area (Å²) in [6.45, 7) is 8.09. The van der Waals surface area contributed by atoms with Crippen LogP contribution in [-0.2, 0) is 4.74 Å². The minimum absolute atomic E-state index is 0.165. The number of carbonyl (C=O) groups is 1. The third-order valence-corrected chi connectivity index (χ3v) is 2.35. The lowest BCUT2D eigenvalue weighted by Gasteiger charge is -2.21. The number of nitrogens with zero attached hydrogens (tertiary/aromatic N) is 1. The first-order chi connectivity index (χ1) is 8.83. The monoisotopic (exact) mass is 282 g/mol. The normalized spacial score (nSPS) is 12.2. The van der Waals surface area contributed by atoms with E-state index in [0.29, 0.717) is 17.7 Å². The fourth-order valence-corrected chi connectivity index (χ4v) is 1.66. The molecule has 1 N–H and O–H groups in total. The van der Waals surface area contributed by atoms with Gasteiger partial charge < -0.3 is 10.1 Å². The topological polar surface area (TPSA) is 51.2 Å². The van der Waals surface area contributed by atoms with Gasteiger partial charge >= 0.3 is 0 Å². The van der Waals surface area contributed by atoms with E-state index in [4.69, 9.17) is 16.3 Å². The quantitative estimate of drug-likeness (QED) is 0.863. The summed E-state index contributed by atoms with van der Waals surface area (Å²) in [7, 11) is 0. The second kappa shape index (κ2) is 6.57. The molecule has 19 heavy (non-hydrogen) atoms. The SMILES string of the molecule is CCO/C(Cl)=C\c1cnccc1C(=O)NC(C)(C)C. The summed E-state index contributed by atoms with van der Waals surface area (Å²) in [5.41, 5.74) is 0.843. The molecule has 0 aliphatic rings. The van der Waals surface area contributed by atoms with Gasteiger partial charge in [-0.2, -0.15) is 0 Å². The van der Waals surface area contributed by atoms with Crippen molar-refractivity contribution in [2.24, 2.45) is 0 Å². The Morgan fingerprint density at radius 3 is 2.79 bits per heavy atom. The molecule has 1 aromatic heterocycles. The molecule has 0 saturated heterocycles. The number of aromatic nitrogens is 1. The first-order valence-corrected chi connectivity index (χ1v) is 6.48. The van der Waals surface area contributed by atoms with Gasteiger partial charge in [0.2, 0.25) is 0 Å². The van der Waals surface area contributed by atoms with Crippen molar-refractivity contribution in [1.82, 2.24) is 10.3 Å². The van der Waals surface area contributed by atoms with E-state index in [-0.39, 0.29) is 16.7 Å². The molecule has 0 aliphatic carbocycles. The van der Waals surface area contributed by atoms with E-state index in [0.717, 1.165) is 0 Å². The van der Waals surface area contributed by atoms with Crippen LogP contribution in [0, 0.1) is 0 Å². The highest BCUT2D eigenvalue weighted by molar-refractivity contribution is 6.30. The maximum Gasteiger partial charge on any atom is 0.252 e. The van der Waals surface area contributed by atoms with Crippen LogP contribution in [0.15, 0.2) is 23.7 Å². The molecule has 1 amide bonds. The van der Waals surface area contributed by atoms with E-state index in [2.05, 4.69) is 10.3 Å². The highest BCUT2D eigenvalue weighted by Gasteiger charge is 2.17. The van der Waals surface area contributed by atoms with E-state index >= 15 is 0 Å². The van der Waals surface area contributed by atoms with Gasteiger partial charge in [0.15, 0.2) is 5.22 Å². The number of carbonyl (C=O) groups excluding carboxylic acids is 1. The molecule has 0 bridgehead atoms. The van der Waals surface area contributed by atoms with E-state index in [9.17, 15) is 4.79 Å². The number of amides is 1. The van der Waals surface area contributed by atoms with Crippen LogP contribution >= 0.6 is 11.6 Å². The molecule has 0 radical (unpaired) electrons. The second-order valence-corrected chi connectivity index (χ2v) is 5.42. The average molecular weight is 283 g/mol. The Morgan fingerprint density at radius 1 is 1.53 bits per heavy atom. The minimum atomic E-state index is -0.301. The number of pyridine rings is 1. The molecule has 0 aromatic carbocycles. The van der Waals surface area contributed by atoms with Gasteiger partial charge in [0.1, 0.15) is 0 Å².